The molecule has 1 aliphatic heterocycles. The van der Waals surface area contributed by atoms with Crippen molar-refractivity contribution < 1.29 is 19.5 Å². The third-order valence-electron chi connectivity index (χ3n) is 2.99. The topological polar surface area (TPSA) is 74.7 Å². The van der Waals surface area contributed by atoms with Crippen molar-refractivity contribution in [1.82, 2.24) is 0 Å². The van der Waals surface area contributed by atoms with Crippen LogP contribution in [-0.4, -0.2) is 22.9 Å². The molecule has 6 heteroatoms. The third-order valence-corrected chi connectivity index (χ3v) is 3.31. The fourth-order valence-corrected chi connectivity index (χ4v) is 2.42. The Labute approximate surface area is 114 Å². The van der Waals surface area contributed by atoms with Crippen LogP contribution in [0.15, 0.2) is 18.2 Å². The molecule has 1 aromatic carbocycles. The molecular formula is C13H12ClNO4. The molecule has 1 heterocycles. The molecule has 100 valence electrons. The summed E-state index contributed by atoms with van der Waals surface area (Å²) in [7, 11) is 0. The lowest BCUT2D eigenvalue weighted by Gasteiger charge is -2.29. The molecule has 1 N–H and O–H groups in total. The summed E-state index contributed by atoms with van der Waals surface area (Å²) in [5, 5.41) is 9.17. The van der Waals surface area contributed by atoms with E-state index in [1.807, 2.05) is 6.92 Å². The predicted molar refractivity (Wildman–Crippen MR) is 69.3 cm³/mol. The Morgan fingerprint density at radius 3 is 2.42 bits per heavy atom. The Bertz CT molecular complexity index is 552. The van der Waals surface area contributed by atoms with Gasteiger partial charge in [-0.3, -0.25) is 9.59 Å². The number of benzene rings is 1. The van der Waals surface area contributed by atoms with Gasteiger partial charge in [0, 0.05) is 12.8 Å². The van der Waals surface area contributed by atoms with Crippen molar-refractivity contribution in [3.8, 4) is 0 Å². The van der Waals surface area contributed by atoms with E-state index >= 15 is 0 Å². The average molecular weight is 282 g/mol. The smallest absolute Gasteiger partial charge is 0.339 e. The molecule has 2 amide bonds. The largest absolute Gasteiger partial charge is 0.478 e. The van der Waals surface area contributed by atoms with Crippen LogP contribution in [0, 0.1) is 5.92 Å². The summed E-state index contributed by atoms with van der Waals surface area (Å²) < 4.78 is 0. The number of halogens is 1. The fraction of sp³-hybridized carbons (Fsp3) is 0.308. The van der Waals surface area contributed by atoms with E-state index < -0.39 is 17.8 Å². The molecule has 5 nitrogen and oxygen atoms in total. The van der Waals surface area contributed by atoms with Gasteiger partial charge in [0.2, 0.25) is 11.8 Å². The lowest BCUT2D eigenvalue weighted by atomic mass is 9.96. The number of hydrogen-bond acceptors (Lipinski definition) is 3. The van der Waals surface area contributed by atoms with Gasteiger partial charge in [0.05, 0.1) is 10.7 Å². The number of carbonyl (C=O) groups is 3. The maximum Gasteiger partial charge on any atom is 0.339 e. The summed E-state index contributed by atoms with van der Waals surface area (Å²) in [5.41, 5.74) is -0.178. The van der Waals surface area contributed by atoms with Gasteiger partial charge in [0.15, 0.2) is 0 Å². The van der Waals surface area contributed by atoms with Crippen LogP contribution in [0.25, 0.3) is 0 Å². The van der Waals surface area contributed by atoms with Crippen molar-refractivity contribution in [2.75, 3.05) is 4.90 Å². The van der Waals surface area contributed by atoms with Gasteiger partial charge >= 0.3 is 5.97 Å². The number of nitrogens with zero attached hydrogens (tertiary/aromatic N) is 1. The van der Waals surface area contributed by atoms with E-state index in [4.69, 9.17) is 16.7 Å². The minimum atomic E-state index is -1.26. The van der Waals surface area contributed by atoms with Crippen LogP contribution in [0.3, 0.4) is 0 Å². The Morgan fingerprint density at radius 2 is 1.89 bits per heavy atom. The molecule has 0 unspecified atom stereocenters. The number of imide groups is 1. The van der Waals surface area contributed by atoms with Crippen LogP contribution in [-0.2, 0) is 9.59 Å². The van der Waals surface area contributed by atoms with E-state index in [1.54, 1.807) is 0 Å². The van der Waals surface area contributed by atoms with Crippen molar-refractivity contribution in [3.05, 3.63) is 28.8 Å². The predicted octanol–water partition coefficient (Wildman–Crippen LogP) is 2.33. The summed E-state index contributed by atoms with van der Waals surface area (Å²) >= 11 is 5.84. The minimum Gasteiger partial charge on any atom is -0.478 e. The molecule has 0 bridgehead atoms. The molecule has 0 aliphatic carbocycles. The summed E-state index contributed by atoms with van der Waals surface area (Å²) in [6.45, 7) is 1.81. The molecular weight excluding hydrogens is 270 g/mol. The van der Waals surface area contributed by atoms with E-state index in [0.717, 1.165) is 4.90 Å². The molecule has 1 aliphatic rings. The van der Waals surface area contributed by atoms with Gasteiger partial charge in [-0.25, -0.2) is 9.69 Å². The lowest BCUT2D eigenvalue weighted by Crippen LogP contribution is -2.43. The van der Waals surface area contributed by atoms with Crippen molar-refractivity contribution in [2.45, 2.75) is 19.8 Å². The molecule has 0 aromatic heterocycles. The molecule has 0 atom stereocenters. The Hall–Kier alpha value is -1.88. The van der Waals surface area contributed by atoms with Crippen molar-refractivity contribution in [2.24, 2.45) is 5.92 Å². The van der Waals surface area contributed by atoms with Crippen LogP contribution >= 0.6 is 11.6 Å². The minimum absolute atomic E-state index is 0.00391. The highest BCUT2D eigenvalue weighted by Gasteiger charge is 2.34. The first-order valence-electron chi connectivity index (χ1n) is 5.79. The van der Waals surface area contributed by atoms with Gasteiger partial charge in [-0.15, -0.1) is 0 Å². The zero-order valence-electron chi connectivity index (χ0n) is 10.2. The van der Waals surface area contributed by atoms with E-state index in [1.165, 1.54) is 18.2 Å². The number of anilines is 1. The number of piperidine rings is 1. The molecule has 1 aromatic rings. The Morgan fingerprint density at radius 1 is 1.32 bits per heavy atom. The molecule has 0 spiro atoms. The number of hydrogen-bond donors (Lipinski definition) is 1. The van der Waals surface area contributed by atoms with E-state index in [2.05, 4.69) is 0 Å². The second-order valence-corrected chi connectivity index (χ2v) is 4.98. The van der Waals surface area contributed by atoms with Gasteiger partial charge in [-0.1, -0.05) is 24.6 Å². The number of carbonyl (C=O) groups excluding carboxylic acids is 2. The first-order chi connectivity index (χ1) is 8.91. The highest BCUT2D eigenvalue weighted by atomic mass is 35.5. The third kappa shape index (κ3) is 2.46. The zero-order chi connectivity index (χ0) is 14.2. The maximum absolute atomic E-state index is 12.0. The summed E-state index contributed by atoms with van der Waals surface area (Å²) in [6.07, 6.45) is 0.439. The number of carboxylic acids is 1. The molecule has 0 radical (unpaired) electrons. The fourth-order valence-electron chi connectivity index (χ4n) is 2.17. The first-order valence-corrected chi connectivity index (χ1v) is 6.17. The van der Waals surface area contributed by atoms with Crippen molar-refractivity contribution in [1.29, 1.82) is 0 Å². The average Bonchev–Trinajstić information content (AvgIpc) is 2.26. The SMILES string of the molecule is CC1CC(=O)N(c2cccc(Cl)c2C(=O)O)C(=O)C1. The normalized spacial score (nSPS) is 16.8. The van der Waals surface area contributed by atoms with Crippen molar-refractivity contribution >= 4 is 35.1 Å². The molecule has 1 fully saturated rings. The quantitative estimate of drug-likeness (QED) is 0.844. The van der Waals surface area contributed by atoms with Gasteiger partial charge in [-0.2, -0.15) is 0 Å². The number of carboxylic acid groups (broad SMARTS) is 1. The second-order valence-electron chi connectivity index (χ2n) is 4.58. The first kappa shape index (κ1) is 13.5. The number of amides is 2. The van der Waals surface area contributed by atoms with Crippen LogP contribution in [0.1, 0.15) is 30.1 Å². The van der Waals surface area contributed by atoms with Gasteiger partial charge in [-0.05, 0) is 18.1 Å². The highest BCUT2D eigenvalue weighted by molar-refractivity contribution is 6.35. The van der Waals surface area contributed by atoms with Crippen LogP contribution < -0.4 is 4.90 Å². The van der Waals surface area contributed by atoms with Crippen LogP contribution in [0.2, 0.25) is 5.02 Å². The highest BCUT2D eigenvalue weighted by Crippen LogP contribution is 2.31. The van der Waals surface area contributed by atoms with Crippen molar-refractivity contribution in [3.63, 3.8) is 0 Å². The monoisotopic (exact) mass is 281 g/mol. The maximum atomic E-state index is 12.0. The molecule has 19 heavy (non-hydrogen) atoms. The molecule has 2 rings (SSSR count). The summed E-state index contributed by atoms with van der Waals surface area (Å²) in [4.78, 5) is 36.1. The molecule has 0 saturated carbocycles. The van der Waals surface area contributed by atoms with E-state index in [9.17, 15) is 14.4 Å². The van der Waals surface area contributed by atoms with Gasteiger partial charge in [0.1, 0.15) is 5.56 Å². The van der Waals surface area contributed by atoms with E-state index in [0.29, 0.717) is 0 Å². The van der Waals surface area contributed by atoms with Crippen LogP contribution in [0.4, 0.5) is 5.69 Å². The van der Waals surface area contributed by atoms with Gasteiger partial charge in [0.25, 0.3) is 0 Å². The molecule has 1 saturated heterocycles. The Kier molecular flexibility index (Phi) is 3.57. The number of rotatable bonds is 2. The zero-order valence-corrected chi connectivity index (χ0v) is 11.0. The lowest BCUT2D eigenvalue weighted by molar-refractivity contribution is -0.130. The Balaban J connectivity index is 2.53. The summed E-state index contributed by atoms with van der Waals surface area (Å²) in [5.74, 6) is -2.08. The standard InChI is InChI=1S/C13H12ClNO4/c1-7-5-10(16)15(11(17)6-7)9-4-2-3-8(14)12(9)13(18)19/h2-4,7H,5-6H2,1H3,(H,18,19). The van der Waals surface area contributed by atoms with E-state index in [-0.39, 0.29) is 35.0 Å². The van der Waals surface area contributed by atoms with Crippen LogP contribution in [0.5, 0.6) is 0 Å². The summed E-state index contributed by atoms with van der Waals surface area (Å²) in [6, 6.07) is 4.35. The van der Waals surface area contributed by atoms with Gasteiger partial charge < -0.3 is 5.11 Å². The second kappa shape index (κ2) is 5.01. The number of aromatic carboxylic acids is 1.